The molecule has 7 nitrogen and oxygen atoms in total. The predicted molar refractivity (Wildman–Crippen MR) is 119 cm³/mol. The van der Waals surface area contributed by atoms with Gasteiger partial charge in [0.2, 0.25) is 15.9 Å². The van der Waals surface area contributed by atoms with Gasteiger partial charge in [0.1, 0.15) is 5.82 Å². The molecule has 31 heavy (non-hydrogen) atoms. The monoisotopic (exact) mass is 448 g/mol. The SMILES string of the molecule is CNc1ccc(S(=O)(=O)N[C@H]2CC[C@H](C(=O)N[C@H](C)c3ccc(F)cc3)CC2)cc1N. The number of nitrogen functional groups attached to an aromatic ring is 1. The molecular weight excluding hydrogens is 419 g/mol. The lowest BCUT2D eigenvalue weighted by molar-refractivity contribution is -0.126. The standard InChI is InChI=1S/C22H29FN4O3S/c1-14(15-3-7-17(23)8-4-15)26-22(28)16-5-9-18(10-6-16)27-31(29,30)19-11-12-21(25-2)20(24)13-19/h3-4,7-8,11-14,16,18,25,27H,5-6,9-10,24H2,1-2H3,(H,26,28)/t14-,16-,18-/m1/s1. The first-order chi connectivity index (χ1) is 14.7. The summed E-state index contributed by atoms with van der Waals surface area (Å²) in [5.74, 6) is -0.550. The zero-order valence-electron chi connectivity index (χ0n) is 17.7. The number of nitrogens with one attached hydrogen (secondary N) is 3. The van der Waals surface area contributed by atoms with Gasteiger partial charge in [0, 0.05) is 19.0 Å². The van der Waals surface area contributed by atoms with E-state index in [0.29, 0.717) is 37.1 Å². The fraction of sp³-hybridized carbons (Fsp3) is 0.409. The maximum Gasteiger partial charge on any atom is 0.240 e. The van der Waals surface area contributed by atoms with E-state index in [0.717, 1.165) is 5.56 Å². The minimum atomic E-state index is -3.69. The van der Waals surface area contributed by atoms with Crippen LogP contribution in [0.15, 0.2) is 47.4 Å². The van der Waals surface area contributed by atoms with Crippen LogP contribution in [0.5, 0.6) is 0 Å². The minimum Gasteiger partial charge on any atom is -0.397 e. The van der Waals surface area contributed by atoms with Gasteiger partial charge in [-0.3, -0.25) is 4.79 Å². The molecule has 0 aromatic heterocycles. The van der Waals surface area contributed by atoms with Crippen LogP contribution >= 0.6 is 0 Å². The normalized spacial score (nSPS) is 20.1. The van der Waals surface area contributed by atoms with Gasteiger partial charge in [-0.2, -0.15) is 0 Å². The molecule has 168 valence electrons. The Hall–Kier alpha value is -2.65. The number of rotatable bonds is 7. The highest BCUT2D eigenvalue weighted by Crippen LogP contribution is 2.28. The molecule has 1 aliphatic rings. The smallest absolute Gasteiger partial charge is 0.240 e. The van der Waals surface area contributed by atoms with Crippen molar-refractivity contribution < 1.29 is 17.6 Å². The van der Waals surface area contributed by atoms with Crippen LogP contribution in [0.25, 0.3) is 0 Å². The van der Waals surface area contributed by atoms with Gasteiger partial charge < -0.3 is 16.4 Å². The Morgan fingerprint density at radius 3 is 2.32 bits per heavy atom. The van der Waals surface area contributed by atoms with Gasteiger partial charge in [-0.15, -0.1) is 0 Å². The molecule has 0 heterocycles. The van der Waals surface area contributed by atoms with Gasteiger partial charge in [0.05, 0.1) is 22.3 Å². The average molecular weight is 449 g/mol. The summed E-state index contributed by atoms with van der Waals surface area (Å²) < 4.78 is 41.2. The number of sulfonamides is 1. The van der Waals surface area contributed by atoms with E-state index in [1.165, 1.54) is 24.3 Å². The van der Waals surface area contributed by atoms with Crippen LogP contribution in [0.2, 0.25) is 0 Å². The number of hydrogen-bond donors (Lipinski definition) is 4. The second-order valence-corrected chi connectivity index (χ2v) is 9.66. The highest BCUT2D eigenvalue weighted by Gasteiger charge is 2.30. The summed E-state index contributed by atoms with van der Waals surface area (Å²) in [5.41, 5.74) is 7.75. The van der Waals surface area contributed by atoms with E-state index in [2.05, 4.69) is 15.4 Å². The second-order valence-electron chi connectivity index (χ2n) is 7.95. The number of carbonyl (C=O) groups excluding carboxylic acids is 1. The van der Waals surface area contributed by atoms with Crippen LogP contribution in [0.4, 0.5) is 15.8 Å². The van der Waals surface area contributed by atoms with Crippen LogP contribution in [0.1, 0.15) is 44.2 Å². The Balaban J connectivity index is 1.53. The summed E-state index contributed by atoms with van der Waals surface area (Å²) in [6.07, 6.45) is 2.34. The Morgan fingerprint density at radius 1 is 1.10 bits per heavy atom. The lowest BCUT2D eigenvalue weighted by Gasteiger charge is -2.29. The molecule has 0 spiro atoms. The van der Waals surface area contributed by atoms with Crippen LogP contribution in [-0.4, -0.2) is 27.4 Å². The maximum atomic E-state index is 13.1. The summed E-state index contributed by atoms with van der Waals surface area (Å²) in [7, 11) is -1.98. The van der Waals surface area contributed by atoms with E-state index in [1.807, 2.05) is 6.92 Å². The van der Waals surface area contributed by atoms with Crippen molar-refractivity contribution in [2.75, 3.05) is 18.1 Å². The highest BCUT2D eigenvalue weighted by atomic mass is 32.2. The molecule has 5 N–H and O–H groups in total. The van der Waals surface area contributed by atoms with E-state index in [4.69, 9.17) is 5.73 Å². The van der Waals surface area contributed by atoms with E-state index in [1.54, 1.807) is 25.2 Å². The van der Waals surface area contributed by atoms with Crippen molar-refractivity contribution in [2.45, 2.75) is 49.6 Å². The Labute approximate surface area is 182 Å². The third kappa shape index (κ3) is 5.74. The molecule has 2 aromatic rings. The van der Waals surface area contributed by atoms with Crippen molar-refractivity contribution in [2.24, 2.45) is 5.92 Å². The van der Waals surface area contributed by atoms with Crippen LogP contribution in [-0.2, 0) is 14.8 Å². The molecule has 0 bridgehead atoms. The van der Waals surface area contributed by atoms with Gasteiger partial charge in [-0.05, 0) is 68.5 Å². The van der Waals surface area contributed by atoms with Crippen molar-refractivity contribution in [1.82, 2.24) is 10.0 Å². The zero-order chi connectivity index (χ0) is 22.6. The molecular formula is C22H29FN4O3S. The second kappa shape index (κ2) is 9.65. The van der Waals surface area contributed by atoms with Crippen molar-refractivity contribution in [3.05, 3.63) is 53.8 Å². The van der Waals surface area contributed by atoms with Crippen LogP contribution < -0.4 is 21.1 Å². The fourth-order valence-electron chi connectivity index (χ4n) is 3.86. The van der Waals surface area contributed by atoms with Crippen molar-refractivity contribution in [3.63, 3.8) is 0 Å². The number of carbonyl (C=O) groups is 1. The zero-order valence-corrected chi connectivity index (χ0v) is 18.5. The summed E-state index contributed by atoms with van der Waals surface area (Å²) in [4.78, 5) is 12.7. The molecule has 1 fully saturated rings. The molecule has 1 aliphatic carbocycles. The third-order valence-electron chi connectivity index (χ3n) is 5.75. The highest BCUT2D eigenvalue weighted by molar-refractivity contribution is 7.89. The lowest BCUT2D eigenvalue weighted by atomic mass is 9.85. The Kier molecular flexibility index (Phi) is 7.17. The largest absolute Gasteiger partial charge is 0.397 e. The number of anilines is 2. The molecule has 0 aliphatic heterocycles. The number of benzene rings is 2. The minimum absolute atomic E-state index is 0.0615. The predicted octanol–water partition coefficient (Wildman–Crippen LogP) is 3.16. The van der Waals surface area contributed by atoms with Crippen LogP contribution in [0, 0.1) is 11.7 Å². The van der Waals surface area contributed by atoms with Gasteiger partial charge in [0.15, 0.2) is 0 Å². The van der Waals surface area contributed by atoms with E-state index < -0.39 is 10.0 Å². The van der Waals surface area contributed by atoms with E-state index in [-0.39, 0.29) is 34.6 Å². The van der Waals surface area contributed by atoms with Crippen LogP contribution in [0.3, 0.4) is 0 Å². The van der Waals surface area contributed by atoms with Crippen molar-refractivity contribution in [3.8, 4) is 0 Å². The molecule has 1 amide bonds. The molecule has 3 rings (SSSR count). The third-order valence-corrected chi connectivity index (χ3v) is 7.27. The van der Waals surface area contributed by atoms with E-state index in [9.17, 15) is 17.6 Å². The van der Waals surface area contributed by atoms with Gasteiger partial charge in [-0.25, -0.2) is 17.5 Å². The molecule has 9 heteroatoms. The number of halogens is 1. The topological polar surface area (TPSA) is 113 Å². The Bertz CT molecular complexity index is 1020. The molecule has 0 saturated heterocycles. The Morgan fingerprint density at radius 2 is 1.74 bits per heavy atom. The maximum absolute atomic E-state index is 13.1. The summed E-state index contributed by atoms with van der Waals surface area (Å²) in [5, 5.41) is 5.87. The number of amides is 1. The molecule has 0 unspecified atom stereocenters. The molecule has 1 atom stereocenters. The first-order valence-electron chi connectivity index (χ1n) is 10.3. The van der Waals surface area contributed by atoms with Crippen molar-refractivity contribution in [1.29, 1.82) is 0 Å². The number of hydrogen-bond acceptors (Lipinski definition) is 5. The lowest BCUT2D eigenvalue weighted by Crippen LogP contribution is -2.41. The molecule has 1 saturated carbocycles. The molecule has 2 aromatic carbocycles. The average Bonchev–Trinajstić information content (AvgIpc) is 2.74. The van der Waals surface area contributed by atoms with Crippen molar-refractivity contribution >= 4 is 27.3 Å². The van der Waals surface area contributed by atoms with E-state index >= 15 is 0 Å². The van der Waals surface area contributed by atoms with Gasteiger partial charge in [0.25, 0.3) is 0 Å². The summed E-state index contributed by atoms with van der Waals surface area (Å²) >= 11 is 0. The first-order valence-corrected chi connectivity index (χ1v) is 11.8. The quantitative estimate of drug-likeness (QED) is 0.486. The fourth-order valence-corrected chi connectivity index (χ4v) is 5.20. The first kappa shape index (κ1) is 23.0. The molecule has 0 radical (unpaired) electrons. The number of nitrogens with two attached hydrogens (primary N) is 1. The van der Waals surface area contributed by atoms with Gasteiger partial charge >= 0.3 is 0 Å². The summed E-state index contributed by atoms with van der Waals surface area (Å²) in [6, 6.07) is 10.2. The summed E-state index contributed by atoms with van der Waals surface area (Å²) in [6.45, 7) is 1.86. The van der Waals surface area contributed by atoms with Gasteiger partial charge in [-0.1, -0.05) is 12.1 Å².